The average molecular weight is 477 g/mol. The van der Waals surface area contributed by atoms with E-state index in [1.807, 2.05) is 32.9 Å². The van der Waals surface area contributed by atoms with Gasteiger partial charge in [0.15, 0.2) is 5.89 Å². The fourth-order valence-electron chi connectivity index (χ4n) is 3.83. The van der Waals surface area contributed by atoms with E-state index >= 15 is 0 Å². The van der Waals surface area contributed by atoms with Crippen molar-refractivity contribution >= 4 is 24.0 Å². The molecular weight excluding hydrogens is 448 g/mol. The van der Waals surface area contributed by atoms with Crippen LogP contribution in [0.5, 0.6) is 5.75 Å². The number of hydrogen-bond acceptors (Lipinski definition) is 6. The Kier molecular flexibility index (Phi) is 7.19. The van der Waals surface area contributed by atoms with Crippen molar-refractivity contribution in [2.45, 2.75) is 46.3 Å². The van der Waals surface area contributed by atoms with Gasteiger partial charge in [-0.05, 0) is 60.9 Å². The van der Waals surface area contributed by atoms with Gasteiger partial charge in [-0.15, -0.1) is 0 Å². The van der Waals surface area contributed by atoms with Crippen molar-refractivity contribution in [1.82, 2.24) is 9.88 Å². The molecule has 35 heavy (non-hydrogen) atoms. The van der Waals surface area contributed by atoms with Crippen LogP contribution in [0.15, 0.2) is 51.5 Å². The molecule has 8 nitrogen and oxygen atoms in total. The second-order valence-corrected chi connectivity index (χ2v) is 8.69. The number of furan rings is 1. The molecule has 0 atom stereocenters. The van der Waals surface area contributed by atoms with Crippen LogP contribution in [0, 0.1) is 6.92 Å². The van der Waals surface area contributed by atoms with Gasteiger partial charge in [0.05, 0.1) is 6.26 Å². The number of oxazole rings is 1. The van der Waals surface area contributed by atoms with E-state index in [4.69, 9.17) is 18.7 Å². The Bertz CT molecular complexity index is 1270. The number of fused-ring (bicyclic) bond motifs is 1. The number of ether oxygens (including phenoxy) is 1. The lowest BCUT2D eigenvalue weighted by atomic mass is 9.96. The van der Waals surface area contributed by atoms with Crippen molar-refractivity contribution in [3.63, 3.8) is 0 Å². The van der Waals surface area contributed by atoms with Gasteiger partial charge in [-0.1, -0.05) is 13.8 Å². The molecule has 0 saturated heterocycles. The number of carbonyl (C=O) groups excluding carboxylic acids is 1. The standard InChI is InChI=1S/C27H28N2O6/c1-17(2)27-28-23(18(3)35-27)16-34-24-14-21-15-29(25(30)8-7-22-5-4-12-33-22)11-10-19(21)13-20(24)6-9-26(31)32/h4-9,12-14,17H,10-11,15-16H2,1-3H3,(H,31,32)/b8-7+,9-6+. The monoisotopic (exact) mass is 476 g/mol. The molecule has 1 aliphatic heterocycles. The molecule has 0 saturated carbocycles. The Morgan fingerprint density at radius 2 is 2.06 bits per heavy atom. The minimum absolute atomic E-state index is 0.108. The van der Waals surface area contributed by atoms with Crippen molar-refractivity contribution < 1.29 is 28.3 Å². The van der Waals surface area contributed by atoms with Crippen LogP contribution in [0.1, 0.15) is 59.6 Å². The summed E-state index contributed by atoms with van der Waals surface area (Å²) in [5, 5.41) is 9.11. The third kappa shape index (κ3) is 5.90. The molecular formula is C27H28N2O6. The zero-order chi connectivity index (χ0) is 24.9. The number of benzene rings is 1. The molecule has 1 aromatic carbocycles. The predicted molar refractivity (Wildman–Crippen MR) is 130 cm³/mol. The minimum atomic E-state index is -1.04. The molecule has 182 valence electrons. The van der Waals surface area contributed by atoms with Gasteiger partial charge in [0.25, 0.3) is 0 Å². The normalized spacial score (nSPS) is 13.7. The van der Waals surface area contributed by atoms with Gasteiger partial charge < -0.3 is 23.6 Å². The van der Waals surface area contributed by atoms with Gasteiger partial charge in [0.1, 0.15) is 29.6 Å². The lowest BCUT2D eigenvalue weighted by Gasteiger charge is -2.29. The Hall–Kier alpha value is -4.07. The van der Waals surface area contributed by atoms with E-state index in [2.05, 4.69) is 4.98 Å². The summed E-state index contributed by atoms with van der Waals surface area (Å²) in [5.41, 5.74) is 3.37. The second-order valence-electron chi connectivity index (χ2n) is 8.69. The van der Waals surface area contributed by atoms with E-state index in [1.165, 1.54) is 12.2 Å². The van der Waals surface area contributed by atoms with E-state index < -0.39 is 5.97 Å². The van der Waals surface area contributed by atoms with E-state index in [0.29, 0.717) is 53.9 Å². The maximum Gasteiger partial charge on any atom is 0.328 e. The van der Waals surface area contributed by atoms with Crippen LogP contribution in [0.3, 0.4) is 0 Å². The number of carboxylic acid groups (broad SMARTS) is 1. The summed E-state index contributed by atoms with van der Waals surface area (Å²) in [7, 11) is 0. The molecule has 1 aliphatic rings. The van der Waals surface area contributed by atoms with E-state index in [0.717, 1.165) is 17.2 Å². The van der Waals surface area contributed by atoms with Gasteiger partial charge >= 0.3 is 5.97 Å². The molecule has 8 heteroatoms. The minimum Gasteiger partial charge on any atom is -0.487 e. The Labute approximate surface area is 203 Å². The first-order valence-electron chi connectivity index (χ1n) is 11.5. The maximum atomic E-state index is 12.7. The van der Waals surface area contributed by atoms with Crippen LogP contribution in [-0.2, 0) is 29.2 Å². The number of amides is 1. The molecule has 0 bridgehead atoms. The zero-order valence-corrected chi connectivity index (χ0v) is 20.0. The van der Waals surface area contributed by atoms with Crippen molar-refractivity contribution in [1.29, 1.82) is 0 Å². The van der Waals surface area contributed by atoms with Crippen molar-refractivity contribution in [2.24, 2.45) is 0 Å². The summed E-state index contributed by atoms with van der Waals surface area (Å²) < 4.78 is 17.1. The molecule has 0 fully saturated rings. The quantitative estimate of drug-likeness (QED) is 0.457. The first kappa shape index (κ1) is 24.1. The van der Waals surface area contributed by atoms with Crippen LogP contribution < -0.4 is 4.74 Å². The Morgan fingerprint density at radius 3 is 2.74 bits per heavy atom. The molecule has 0 spiro atoms. The number of aryl methyl sites for hydroxylation is 1. The van der Waals surface area contributed by atoms with Crippen LogP contribution in [0.2, 0.25) is 0 Å². The van der Waals surface area contributed by atoms with Gasteiger partial charge in [0, 0.05) is 36.7 Å². The van der Waals surface area contributed by atoms with Crippen molar-refractivity contribution in [3.05, 3.63) is 82.5 Å². The molecule has 0 radical (unpaired) electrons. The zero-order valence-electron chi connectivity index (χ0n) is 20.0. The van der Waals surface area contributed by atoms with Crippen LogP contribution in [0.4, 0.5) is 0 Å². The molecule has 2 aromatic heterocycles. The maximum absolute atomic E-state index is 12.7. The molecule has 0 unspecified atom stereocenters. The largest absolute Gasteiger partial charge is 0.487 e. The first-order valence-corrected chi connectivity index (χ1v) is 11.5. The molecule has 3 aromatic rings. The number of rotatable bonds is 8. The van der Waals surface area contributed by atoms with Gasteiger partial charge in [-0.3, -0.25) is 4.79 Å². The second kappa shape index (κ2) is 10.5. The lowest BCUT2D eigenvalue weighted by molar-refractivity contribution is -0.131. The first-order chi connectivity index (χ1) is 16.8. The SMILES string of the molecule is Cc1oc(C(C)C)nc1COc1cc2c(cc1/C=C/C(=O)O)CCN(C(=O)/C=C/c1ccco1)C2. The van der Waals surface area contributed by atoms with Crippen molar-refractivity contribution in [2.75, 3.05) is 6.54 Å². The fraction of sp³-hybridized carbons (Fsp3) is 0.296. The predicted octanol–water partition coefficient (Wildman–Crippen LogP) is 4.97. The van der Waals surface area contributed by atoms with Crippen LogP contribution >= 0.6 is 0 Å². The van der Waals surface area contributed by atoms with Gasteiger partial charge in [-0.25, -0.2) is 9.78 Å². The molecule has 0 aliphatic carbocycles. The molecule has 1 amide bonds. The third-order valence-electron chi connectivity index (χ3n) is 5.76. The summed E-state index contributed by atoms with van der Waals surface area (Å²) in [6.45, 7) is 7.03. The molecule has 3 heterocycles. The number of carboxylic acids is 1. The van der Waals surface area contributed by atoms with Crippen molar-refractivity contribution in [3.8, 4) is 5.75 Å². The highest BCUT2D eigenvalue weighted by atomic mass is 16.5. The molecule has 4 rings (SSSR count). The summed E-state index contributed by atoms with van der Waals surface area (Å²) in [6.07, 6.45) is 7.98. The summed E-state index contributed by atoms with van der Waals surface area (Å²) >= 11 is 0. The highest BCUT2D eigenvalue weighted by Crippen LogP contribution is 2.30. The number of nitrogens with zero attached hydrogens (tertiary/aromatic N) is 2. The van der Waals surface area contributed by atoms with E-state index in [1.54, 1.807) is 29.4 Å². The highest BCUT2D eigenvalue weighted by Gasteiger charge is 2.22. The summed E-state index contributed by atoms with van der Waals surface area (Å²) in [5.74, 6) is 1.49. The fourth-order valence-corrected chi connectivity index (χ4v) is 3.83. The Morgan fingerprint density at radius 1 is 1.23 bits per heavy atom. The third-order valence-corrected chi connectivity index (χ3v) is 5.76. The smallest absolute Gasteiger partial charge is 0.328 e. The number of carbonyl (C=O) groups is 2. The lowest BCUT2D eigenvalue weighted by Crippen LogP contribution is -2.34. The number of hydrogen-bond donors (Lipinski definition) is 1. The van der Waals surface area contributed by atoms with Gasteiger partial charge in [-0.2, -0.15) is 0 Å². The number of aromatic nitrogens is 1. The molecule has 1 N–H and O–H groups in total. The average Bonchev–Trinajstić information content (AvgIpc) is 3.48. The Balaban J connectivity index is 1.55. The van der Waals surface area contributed by atoms with E-state index in [-0.39, 0.29) is 18.4 Å². The van der Waals surface area contributed by atoms with E-state index in [9.17, 15) is 9.59 Å². The van der Waals surface area contributed by atoms with Crippen LogP contribution in [-0.4, -0.2) is 33.4 Å². The number of aliphatic carboxylic acids is 1. The summed E-state index contributed by atoms with van der Waals surface area (Å²) in [6, 6.07) is 7.36. The van der Waals surface area contributed by atoms with Crippen LogP contribution in [0.25, 0.3) is 12.2 Å². The summed E-state index contributed by atoms with van der Waals surface area (Å²) in [4.78, 5) is 30.1. The topological polar surface area (TPSA) is 106 Å². The van der Waals surface area contributed by atoms with Gasteiger partial charge in [0.2, 0.25) is 5.91 Å². The highest BCUT2D eigenvalue weighted by molar-refractivity contribution is 5.91.